The fourth-order valence-corrected chi connectivity index (χ4v) is 0.938. The molecule has 0 aliphatic carbocycles. The molecule has 0 unspecified atom stereocenters. The fraction of sp³-hybridized carbons (Fsp3) is 0.333. The van der Waals surface area contributed by atoms with Crippen molar-refractivity contribution in [2.45, 2.75) is 6.18 Å². The number of hydrogen-bond acceptors (Lipinski definition) is 3. The molecule has 0 aliphatic heterocycles. The molecule has 1 aromatic carbocycles. The molecule has 0 bridgehead atoms. The zero-order chi connectivity index (χ0) is 11.5. The van der Waals surface area contributed by atoms with Gasteiger partial charge in [-0.1, -0.05) is 0 Å². The van der Waals surface area contributed by atoms with Crippen molar-refractivity contribution >= 4 is 0 Å². The number of phenolic OH excluding ortho intramolecular Hbond substituents is 1. The fourth-order valence-electron chi connectivity index (χ4n) is 0.938. The van der Waals surface area contributed by atoms with E-state index in [1.54, 1.807) is 0 Å². The summed E-state index contributed by atoms with van der Waals surface area (Å²) in [6.07, 6.45) is -4.47. The van der Waals surface area contributed by atoms with Crippen molar-refractivity contribution in [2.75, 3.05) is 13.9 Å². The maximum atomic E-state index is 12.2. The van der Waals surface area contributed by atoms with E-state index in [4.69, 9.17) is 4.74 Å². The number of alkyl halides is 3. The number of phenols is 1. The average molecular weight is 222 g/mol. The lowest BCUT2D eigenvalue weighted by Gasteiger charge is -2.10. The number of ether oxygens (including phenoxy) is 2. The molecule has 0 fully saturated rings. The second-order valence-electron chi connectivity index (χ2n) is 2.73. The molecule has 0 aromatic heterocycles. The Morgan fingerprint density at radius 1 is 1.33 bits per heavy atom. The SMILES string of the molecule is COCOc1ccc(C(F)(F)F)cc1O. The largest absolute Gasteiger partial charge is 0.504 e. The zero-order valence-corrected chi connectivity index (χ0v) is 7.84. The van der Waals surface area contributed by atoms with Gasteiger partial charge in [0.2, 0.25) is 0 Å². The van der Waals surface area contributed by atoms with E-state index in [1.165, 1.54) is 7.11 Å². The molecule has 6 heteroatoms. The summed E-state index contributed by atoms with van der Waals surface area (Å²) in [7, 11) is 1.36. The zero-order valence-electron chi connectivity index (χ0n) is 7.84. The molecule has 3 nitrogen and oxygen atoms in total. The van der Waals surface area contributed by atoms with Crippen molar-refractivity contribution < 1.29 is 27.8 Å². The van der Waals surface area contributed by atoms with Crippen molar-refractivity contribution in [3.8, 4) is 11.5 Å². The lowest BCUT2D eigenvalue weighted by Crippen LogP contribution is -2.05. The van der Waals surface area contributed by atoms with E-state index < -0.39 is 17.5 Å². The highest BCUT2D eigenvalue weighted by Gasteiger charge is 2.31. The van der Waals surface area contributed by atoms with Crippen LogP contribution in [0, 0.1) is 0 Å². The van der Waals surface area contributed by atoms with Crippen molar-refractivity contribution in [3.05, 3.63) is 23.8 Å². The van der Waals surface area contributed by atoms with Crippen LogP contribution >= 0.6 is 0 Å². The van der Waals surface area contributed by atoms with E-state index in [0.29, 0.717) is 6.07 Å². The Morgan fingerprint density at radius 3 is 2.47 bits per heavy atom. The van der Waals surface area contributed by atoms with E-state index in [2.05, 4.69) is 4.74 Å². The van der Waals surface area contributed by atoms with Crippen LogP contribution in [0.1, 0.15) is 5.56 Å². The molecule has 84 valence electrons. The molecular weight excluding hydrogens is 213 g/mol. The van der Waals surface area contributed by atoms with Crippen LogP contribution in [0.15, 0.2) is 18.2 Å². The summed E-state index contributed by atoms with van der Waals surface area (Å²) in [5, 5.41) is 9.20. The van der Waals surface area contributed by atoms with Gasteiger partial charge in [-0.15, -0.1) is 0 Å². The quantitative estimate of drug-likeness (QED) is 0.798. The summed E-state index contributed by atoms with van der Waals surface area (Å²) in [5.74, 6) is -0.619. The monoisotopic (exact) mass is 222 g/mol. The van der Waals surface area contributed by atoms with Crippen LogP contribution in [0.3, 0.4) is 0 Å². The third-order valence-corrected chi connectivity index (χ3v) is 1.62. The van der Waals surface area contributed by atoms with Gasteiger partial charge in [0.1, 0.15) is 0 Å². The van der Waals surface area contributed by atoms with E-state index >= 15 is 0 Å². The highest BCUT2D eigenvalue weighted by atomic mass is 19.4. The van der Waals surface area contributed by atoms with Gasteiger partial charge < -0.3 is 14.6 Å². The number of benzene rings is 1. The first kappa shape index (κ1) is 11.6. The van der Waals surface area contributed by atoms with Crippen molar-refractivity contribution in [3.63, 3.8) is 0 Å². The Kier molecular flexibility index (Phi) is 3.41. The van der Waals surface area contributed by atoms with Crippen LogP contribution in [0.5, 0.6) is 11.5 Å². The molecule has 1 N–H and O–H groups in total. The molecule has 0 spiro atoms. The summed E-state index contributed by atoms with van der Waals surface area (Å²) in [4.78, 5) is 0. The van der Waals surface area contributed by atoms with Crippen molar-refractivity contribution in [1.29, 1.82) is 0 Å². The van der Waals surface area contributed by atoms with Crippen molar-refractivity contribution in [2.24, 2.45) is 0 Å². The standard InChI is InChI=1S/C9H9F3O3/c1-14-5-15-8-3-2-6(4-7(8)13)9(10,11)12/h2-4,13H,5H2,1H3. The highest BCUT2D eigenvalue weighted by molar-refractivity contribution is 5.42. The topological polar surface area (TPSA) is 38.7 Å². The van der Waals surface area contributed by atoms with Crippen LogP contribution in [0.2, 0.25) is 0 Å². The van der Waals surface area contributed by atoms with Crippen LogP contribution in [-0.4, -0.2) is 19.0 Å². The Bertz CT molecular complexity index is 336. The first-order chi connectivity index (χ1) is 6.95. The third-order valence-electron chi connectivity index (χ3n) is 1.62. The second-order valence-corrected chi connectivity index (χ2v) is 2.73. The minimum atomic E-state index is -4.47. The van der Waals surface area contributed by atoms with Gasteiger partial charge in [0.25, 0.3) is 0 Å². The lowest BCUT2D eigenvalue weighted by molar-refractivity contribution is -0.137. The average Bonchev–Trinajstić information content (AvgIpc) is 2.14. The van der Waals surface area contributed by atoms with Crippen LogP contribution in [-0.2, 0) is 10.9 Å². The second kappa shape index (κ2) is 4.39. The number of hydrogen-bond donors (Lipinski definition) is 1. The molecule has 1 rings (SSSR count). The Morgan fingerprint density at radius 2 is 2.00 bits per heavy atom. The van der Waals surface area contributed by atoms with Gasteiger partial charge in [-0.05, 0) is 18.2 Å². The van der Waals surface area contributed by atoms with Crippen LogP contribution in [0.25, 0.3) is 0 Å². The van der Waals surface area contributed by atoms with Gasteiger partial charge in [-0.3, -0.25) is 0 Å². The molecule has 0 radical (unpaired) electrons. The van der Waals surface area contributed by atoms with Gasteiger partial charge in [0, 0.05) is 7.11 Å². The number of halogens is 3. The van der Waals surface area contributed by atoms with Gasteiger partial charge in [0.05, 0.1) is 5.56 Å². The molecule has 0 atom stereocenters. The summed E-state index contributed by atoms with van der Waals surface area (Å²) in [6.45, 7) is -0.140. The number of aromatic hydroxyl groups is 1. The molecule has 0 saturated carbocycles. The highest BCUT2D eigenvalue weighted by Crippen LogP contribution is 2.35. The number of methoxy groups -OCH3 is 1. The van der Waals surface area contributed by atoms with E-state index in [1.807, 2.05) is 0 Å². The predicted octanol–water partition coefficient (Wildman–Crippen LogP) is 2.39. The number of rotatable bonds is 3. The Labute approximate surface area is 84.0 Å². The maximum Gasteiger partial charge on any atom is 0.416 e. The van der Waals surface area contributed by atoms with E-state index in [9.17, 15) is 18.3 Å². The first-order valence-electron chi connectivity index (χ1n) is 3.97. The molecule has 0 saturated heterocycles. The molecule has 0 heterocycles. The maximum absolute atomic E-state index is 12.2. The van der Waals surface area contributed by atoms with Gasteiger partial charge in [-0.2, -0.15) is 13.2 Å². The van der Waals surface area contributed by atoms with Gasteiger partial charge in [0.15, 0.2) is 18.3 Å². The van der Waals surface area contributed by atoms with E-state index in [0.717, 1.165) is 12.1 Å². The smallest absolute Gasteiger partial charge is 0.416 e. The summed E-state index contributed by atoms with van der Waals surface area (Å²) < 4.78 is 45.9. The van der Waals surface area contributed by atoms with Crippen molar-refractivity contribution in [1.82, 2.24) is 0 Å². The third kappa shape index (κ3) is 3.02. The van der Waals surface area contributed by atoms with Crippen LogP contribution < -0.4 is 4.74 Å². The minimum Gasteiger partial charge on any atom is -0.504 e. The normalized spacial score (nSPS) is 11.5. The Hall–Kier alpha value is -1.43. The molecule has 15 heavy (non-hydrogen) atoms. The van der Waals surface area contributed by atoms with Gasteiger partial charge in [-0.25, -0.2) is 0 Å². The summed E-state index contributed by atoms with van der Waals surface area (Å²) >= 11 is 0. The molecular formula is C9H9F3O3. The lowest BCUT2D eigenvalue weighted by atomic mass is 10.2. The Balaban J connectivity index is 2.88. The summed E-state index contributed by atoms with van der Waals surface area (Å²) in [5.41, 5.74) is -0.926. The molecule has 0 amide bonds. The van der Waals surface area contributed by atoms with Crippen LogP contribution in [0.4, 0.5) is 13.2 Å². The molecule has 1 aromatic rings. The first-order valence-corrected chi connectivity index (χ1v) is 3.97. The van der Waals surface area contributed by atoms with Gasteiger partial charge >= 0.3 is 6.18 Å². The summed E-state index contributed by atoms with van der Waals surface area (Å²) in [6, 6.07) is 2.47. The molecule has 0 aliphatic rings. The minimum absolute atomic E-state index is 0.0511. The predicted molar refractivity (Wildman–Crippen MR) is 45.6 cm³/mol. The van der Waals surface area contributed by atoms with E-state index in [-0.39, 0.29) is 12.5 Å².